The number of carboxylic acid groups (broad SMARTS) is 2. The standard InChI is InChI=1S/C26H24N4O10/c1-29-19(25(35)36)9-7-15(23(29)33)21(31)27-17-12-39-13-18(17)28-22(32)16-8-10-20(26(37)38)30(24(16)34)40-11-14-5-3-2-4-6-14/h2-10,17-18H,11-13H2,1H3,(H,27,31)(H,28,32)(H,35,36)(H,37,38)/t17-,18+/m1/s1. The summed E-state index contributed by atoms with van der Waals surface area (Å²) in [5, 5.41) is 23.8. The molecule has 40 heavy (non-hydrogen) atoms. The predicted octanol–water partition coefficient (Wildman–Crippen LogP) is -0.501. The lowest BCUT2D eigenvalue weighted by molar-refractivity contribution is 0.0529. The minimum absolute atomic E-state index is 0.0212. The molecule has 0 aliphatic carbocycles. The normalized spacial score (nSPS) is 16.2. The second-order valence-electron chi connectivity index (χ2n) is 8.79. The Labute approximate surface area is 225 Å². The highest BCUT2D eigenvalue weighted by atomic mass is 16.7. The Kier molecular flexibility index (Phi) is 8.09. The van der Waals surface area contributed by atoms with Crippen LogP contribution >= 0.6 is 0 Å². The van der Waals surface area contributed by atoms with Gasteiger partial charge in [-0.25, -0.2) is 9.59 Å². The largest absolute Gasteiger partial charge is 0.477 e. The maximum Gasteiger partial charge on any atom is 0.356 e. The summed E-state index contributed by atoms with van der Waals surface area (Å²) in [7, 11) is 1.22. The van der Waals surface area contributed by atoms with Gasteiger partial charge in [0.05, 0.1) is 25.3 Å². The highest BCUT2D eigenvalue weighted by Gasteiger charge is 2.33. The molecule has 3 heterocycles. The van der Waals surface area contributed by atoms with Crippen molar-refractivity contribution in [1.29, 1.82) is 0 Å². The summed E-state index contributed by atoms with van der Waals surface area (Å²) < 4.78 is 6.72. The van der Waals surface area contributed by atoms with E-state index in [1.165, 1.54) is 7.05 Å². The zero-order chi connectivity index (χ0) is 29.0. The van der Waals surface area contributed by atoms with Crippen LogP contribution in [-0.4, -0.2) is 68.6 Å². The summed E-state index contributed by atoms with van der Waals surface area (Å²) in [4.78, 5) is 79.7. The van der Waals surface area contributed by atoms with E-state index in [0.29, 0.717) is 10.3 Å². The second-order valence-corrected chi connectivity index (χ2v) is 8.79. The number of carboxylic acids is 2. The molecule has 1 aromatic carbocycles. The minimum atomic E-state index is -1.44. The van der Waals surface area contributed by atoms with E-state index >= 15 is 0 Å². The molecule has 1 saturated heterocycles. The molecule has 0 saturated carbocycles. The number of carbonyl (C=O) groups excluding carboxylic acids is 2. The monoisotopic (exact) mass is 552 g/mol. The smallest absolute Gasteiger partial charge is 0.356 e. The Morgan fingerprint density at radius 3 is 1.90 bits per heavy atom. The first kappa shape index (κ1) is 27.8. The van der Waals surface area contributed by atoms with Crippen molar-refractivity contribution >= 4 is 23.8 Å². The quantitative estimate of drug-likeness (QED) is 0.269. The number of nitrogens with zero attached hydrogens (tertiary/aromatic N) is 2. The lowest BCUT2D eigenvalue weighted by atomic mass is 10.1. The molecule has 0 spiro atoms. The van der Waals surface area contributed by atoms with Crippen molar-refractivity contribution in [3.63, 3.8) is 0 Å². The molecule has 208 valence electrons. The summed E-state index contributed by atoms with van der Waals surface area (Å²) in [6.07, 6.45) is 0. The van der Waals surface area contributed by atoms with Crippen LogP contribution in [0.15, 0.2) is 64.2 Å². The molecule has 1 fully saturated rings. The SMILES string of the molecule is Cn1c(C(=O)O)ccc(C(=O)N[C@@H]2COC[C@@H]2NC(=O)c2ccc(C(=O)O)n(OCc3ccccc3)c2=O)c1=O. The average molecular weight is 552 g/mol. The number of rotatable bonds is 9. The van der Waals surface area contributed by atoms with Crippen LogP contribution in [0.1, 0.15) is 47.3 Å². The topological polar surface area (TPSA) is 195 Å². The van der Waals surface area contributed by atoms with Crippen LogP contribution in [0.25, 0.3) is 0 Å². The summed E-state index contributed by atoms with van der Waals surface area (Å²) in [6.45, 7) is -0.186. The Morgan fingerprint density at radius 2 is 1.35 bits per heavy atom. The number of amides is 2. The van der Waals surface area contributed by atoms with Gasteiger partial charge in [0.25, 0.3) is 22.9 Å². The molecule has 14 heteroatoms. The maximum absolute atomic E-state index is 13.1. The van der Waals surface area contributed by atoms with Crippen molar-refractivity contribution in [2.75, 3.05) is 13.2 Å². The highest BCUT2D eigenvalue weighted by Crippen LogP contribution is 2.09. The molecular weight excluding hydrogens is 528 g/mol. The number of carbonyl (C=O) groups is 4. The van der Waals surface area contributed by atoms with E-state index in [0.717, 1.165) is 28.8 Å². The fraction of sp³-hybridized carbons (Fsp3) is 0.231. The van der Waals surface area contributed by atoms with Crippen molar-refractivity contribution in [3.05, 3.63) is 103 Å². The van der Waals surface area contributed by atoms with Crippen molar-refractivity contribution in [2.45, 2.75) is 18.7 Å². The molecule has 2 atom stereocenters. The summed E-state index contributed by atoms with van der Waals surface area (Å²) in [5.41, 5.74) is -2.68. The van der Waals surface area contributed by atoms with Crippen LogP contribution in [-0.2, 0) is 18.4 Å². The first-order valence-electron chi connectivity index (χ1n) is 11.9. The van der Waals surface area contributed by atoms with Gasteiger partial charge < -0.3 is 35.0 Å². The Hall–Kier alpha value is -5.24. The number of nitrogens with one attached hydrogen (secondary N) is 2. The molecule has 0 radical (unpaired) electrons. The van der Waals surface area contributed by atoms with Crippen molar-refractivity contribution in [1.82, 2.24) is 19.9 Å². The molecule has 14 nitrogen and oxygen atoms in total. The van der Waals surface area contributed by atoms with E-state index < -0.39 is 58.2 Å². The van der Waals surface area contributed by atoms with Gasteiger partial charge in [-0.1, -0.05) is 30.3 Å². The lowest BCUT2D eigenvalue weighted by Crippen LogP contribution is -2.52. The zero-order valence-corrected chi connectivity index (χ0v) is 21.0. The number of benzene rings is 1. The first-order chi connectivity index (χ1) is 19.1. The van der Waals surface area contributed by atoms with Crippen LogP contribution < -0.4 is 26.6 Å². The Morgan fingerprint density at radius 1 is 0.825 bits per heavy atom. The van der Waals surface area contributed by atoms with Gasteiger partial charge in [0.15, 0.2) is 5.69 Å². The second kappa shape index (κ2) is 11.7. The number of aromatic nitrogens is 2. The van der Waals surface area contributed by atoms with Crippen molar-refractivity contribution < 1.29 is 39.0 Å². The van der Waals surface area contributed by atoms with Crippen molar-refractivity contribution in [3.8, 4) is 0 Å². The van der Waals surface area contributed by atoms with Crippen LogP contribution in [0.4, 0.5) is 0 Å². The molecule has 0 unspecified atom stereocenters. The Bertz CT molecular complexity index is 1600. The minimum Gasteiger partial charge on any atom is -0.477 e. The van der Waals surface area contributed by atoms with E-state index in [1.54, 1.807) is 30.3 Å². The third-order valence-electron chi connectivity index (χ3n) is 6.19. The molecule has 0 bridgehead atoms. The molecular formula is C26H24N4O10. The van der Waals surface area contributed by atoms with Gasteiger partial charge in [0, 0.05) is 7.05 Å². The number of ether oxygens (including phenoxy) is 1. The third kappa shape index (κ3) is 5.76. The number of hydrogen-bond acceptors (Lipinski definition) is 8. The van der Waals surface area contributed by atoms with Gasteiger partial charge in [0.2, 0.25) is 0 Å². The fourth-order valence-electron chi connectivity index (χ4n) is 4.05. The summed E-state index contributed by atoms with van der Waals surface area (Å²) in [5.74, 6) is -4.45. The maximum atomic E-state index is 13.1. The molecule has 1 aliphatic rings. The molecule has 2 aromatic heterocycles. The van der Waals surface area contributed by atoms with Crippen LogP contribution in [0.3, 0.4) is 0 Å². The van der Waals surface area contributed by atoms with E-state index in [1.807, 2.05) is 0 Å². The van der Waals surface area contributed by atoms with Gasteiger partial charge >= 0.3 is 11.9 Å². The molecule has 4 N–H and O–H groups in total. The zero-order valence-electron chi connectivity index (χ0n) is 21.0. The average Bonchev–Trinajstić information content (AvgIpc) is 3.35. The van der Waals surface area contributed by atoms with Gasteiger partial charge in [-0.3, -0.25) is 19.2 Å². The van der Waals surface area contributed by atoms with E-state index in [4.69, 9.17) is 14.7 Å². The third-order valence-corrected chi connectivity index (χ3v) is 6.19. The van der Waals surface area contributed by atoms with E-state index in [-0.39, 0.29) is 31.1 Å². The van der Waals surface area contributed by atoms with Crippen molar-refractivity contribution in [2.24, 2.45) is 7.05 Å². The van der Waals surface area contributed by atoms with Crippen LogP contribution in [0, 0.1) is 0 Å². The molecule has 4 rings (SSSR count). The number of hydrogen-bond donors (Lipinski definition) is 4. The first-order valence-corrected chi connectivity index (χ1v) is 11.9. The fourth-order valence-corrected chi connectivity index (χ4v) is 4.05. The Balaban J connectivity index is 1.50. The predicted molar refractivity (Wildman–Crippen MR) is 136 cm³/mol. The lowest BCUT2D eigenvalue weighted by Gasteiger charge is -2.21. The highest BCUT2D eigenvalue weighted by molar-refractivity contribution is 5.96. The van der Waals surface area contributed by atoms with Gasteiger partial charge in [-0.15, -0.1) is 4.73 Å². The van der Waals surface area contributed by atoms with Gasteiger partial charge in [-0.05, 0) is 29.8 Å². The number of aromatic carboxylic acids is 2. The molecule has 3 aromatic rings. The van der Waals surface area contributed by atoms with Crippen LogP contribution in [0.2, 0.25) is 0 Å². The number of pyridine rings is 2. The summed E-state index contributed by atoms with van der Waals surface area (Å²) >= 11 is 0. The molecule has 1 aliphatic heterocycles. The summed E-state index contributed by atoms with van der Waals surface area (Å²) in [6, 6.07) is 11.4. The van der Waals surface area contributed by atoms with Gasteiger partial charge in [-0.2, -0.15) is 0 Å². The van der Waals surface area contributed by atoms with Crippen LogP contribution in [0.5, 0.6) is 0 Å². The van der Waals surface area contributed by atoms with Gasteiger partial charge in [0.1, 0.15) is 23.4 Å². The molecule has 2 amide bonds. The van der Waals surface area contributed by atoms with E-state index in [9.17, 15) is 33.9 Å². The van der Waals surface area contributed by atoms with E-state index in [2.05, 4.69) is 10.6 Å².